The summed E-state index contributed by atoms with van der Waals surface area (Å²) in [5.74, 6) is -0.143. The van der Waals surface area contributed by atoms with Crippen molar-refractivity contribution in [2.75, 3.05) is 13.2 Å². The monoisotopic (exact) mass is 1010 g/mol. The maximum Gasteiger partial charge on any atom is 0.220 e. The molecule has 0 spiro atoms. The molecule has 6 N–H and O–H groups in total. The fourth-order valence-corrected chi connectivity index (χ4v) is 9.60. The first-order chi connectivity index (χ1) is 35.3. The minimum atomic E-state index is -1.55. The molecule has 1 aliphatic heterocycles. The predicted molar refractivity (Wildman–Crippen MR) is 304 cm³/mol. The van der Waals surface area contributed by atoms with Gasteiger partial charge in [0.15, 0.2) is 6.29 Å². The van der Waals surface area contributed by atoms with Gasteiger partial charge in [-0.2, -0.15) is 0 Å². The van der Waals surface area contributed by atoms with Crippen LogP contribution in [0.2, 0.25) is 0 Å². The maximum atomic E-state index is 13.0. The molecule has 0 aliphatic carbocycles. The summed E-state index contributed by atoms with van der Waals surface area (Å²) in [6.07, 6.45) is 64.4. The standard InChI is InChI=1S/C63H115NO8/c1-3-5-7-9-11-13-15-16-17-18-19-20-21-22-23-24-25-26-27-28-29-30-31-32-33-34-35-36-37-38-39-40-41-42-43-45-47-49-51-53-59(67)64-56(55-71-63-62(70)61(69)60(68)58(54-65)72-63)57(66)52-50-48-46-44-14-12-10-8-6-4-2/h5,7,11,13,16-17,19-20,22-23,56-58,60-63,65-66,68-70H,3-4,6,8-10,12,14-15,18,21,24-55H2,1-2H3,(H,64,67)/b7-5-,13-11-,17-16-,20-19-,23-22-. The van der Waals surface area contributed by atoms with Gasteiger partial charge in [-0.05, 0) is 57.8 Å². The fraction of sp³-hybridized carbons (Fsp3) is 0.825. The molecule has 9 heteroatoms. The molecule has 420 valence electrons. The SMILES string of the molecule is CC/C=C\C/C=C\C/C=C\C/C=C\C/C=C\CCCCCCCCCCCCCCCCCCCCCCCCCC(=O)NC(COC1OC(CO)C(O)C(O)C1O)C(O)CCCCCCCCCCCC. The van der Waals surface area contributed by atoms with Crippen LogP contribution in [-0.4, -0.2) is 87.5 Å². The number of rotatable bonds is 52. The van der Waals surface area contributed by atoms with Crippen molar-refractivity contribution in [2.45, 2.75) is 320 Å². The molecular weight excluding hydrogens is 899 g/mol. The van der Waals surface area contributed by atoms with Gasteiger partial charge in [0, 0.05) is 6.42 Å². The van der Waals surface area contributed by atoms with E-state index >= 15 is 0 Å². The quantitative estimate of drug-likeness (QED) is 0.0261. The number of aliphatic hydroxyl groups is 5. The van der Waals surface area contributed by atoms with Crippen LogP contribution in [0.15, 0.2) is 60.8 Å². The lowest BCUT2D eigenvalue weighted by Gasteiger charge is -2.40. The average Bonchev–Trinajstić information content (AvgIpc) is 3.38. The highest BCUT2D eigenvalue weighted by Crippen LogP contribution is 2.23. The number of allylic oxidation sites excluding steroid dienone is 10. The summed E-state index contributed by atoms with van der Waals surface area (Å²) in [6.45, 7) is 3.72. The van der Waals surface area contributed by atoms with Gasteiger partial charge >= 0.3 is 0 Å². The molecule has 1 fully saturated rings. The zero-order chi connectivity index (χ0) is 52.2. The first kappa shape index (κ1) is 67.9. The Morgan fingerprint density at radius 1 is 0.486 bits per heavy atom. The number of unbranched alkanes of at least 4 members (excludes halogenated alkanes) is 32. The van der Waals surface area contributed by atoms with Crippen LogP contribution < -0.4 is 5.32 Å². The molecule has 7 atom stereocenters. The van der Waals surface area contributed by atoms with Gasteiger partial charge in [0.2, 0.25) is 5.91 Å². The molecule has 9 nitrogen and oxygen atoms in total. The zero-order valence-electron chi connectivity index (χ0n) is 46.7. The van der Waals surface area contributed by atoms with E-state index in [0.29, 0.717) is 12.8 Å². The first-order valence-electron chi connectivity index (χ1n) is 30.5. The third-order valence-corrected chi connectivity index (χ3v) is 14.4. The Bertz CT molecular complexity index is 1310. The summed E-state index contributed by atoms with van der Waals surface area (Å²) < 4.78 is 11.3. The van der Waals surface area contributed by atoms with Crippen LogP contribution in [0.4, 0.5) is 0 Å². The molecule has 0 radical (unpaired) electrons. The number of hydrogen-bond donors (Lipinski definition) is 6. The molecule has 7 unspecified atom stereocenters. The number of carbonyl (C=O) groups excluding carboxylic acids is 1. The van der Waals surface area contributed by atoms with Gasteiger partial charge in [-0.1, -0.05) is 274 Å². The van der Waals surface area contributed by atoms with Gasteiger partial charge in [-0.3, -0.25) is 4.79 Å². The van der Waals surface area contributed by atoms with Gasteiger partial charge in [-0.25, -0.2) is 0 Å². The minimum absolute atomic E-state index is 0.136. The van der Waals surface area contributed by atoms with Crippen LogP contribution in [0.3, 0.4) is 0 Å². The smallest absolute Gasteiger partial charge is 0.220 e. The van der Waals surface area contributed by atoms with Crippen molar-refractivity contribution in [3.05, 3.63) is 60.8 Å². The number of carbonyl (C=O) groups is 1. The van der Waals surface area contributed by atoms with Crippen LogP contribution in [-0.2, 0) is 14.3 Å². The van der Waals surface area contributed by atoms with E-state index in [1.807, 2.05) is 0 Å². The maximum absolute atomic E-state index is 13.0. The van der Waals surface area contributed by atoms with Crippen molar-refractivity contribution in [1.82, 2.24) is 5.32 Å². The van der Waals surface area contributed by atoms with E-state index < -0.39 is 49.5 Å². The molecule has 0 saturated carbocycles. The largest absolute Gasteiger partial charge is 0.394 e. The average molecular weight is 1010 g/mol. The molecule has 0 bridgehead atoms. The van der Waals surface area contributed by atoms with Crippen molar-refractivity contribution in [2.24, 2.45) is 0 Å². The summed E-state index contributed by atoms with van der Waals surface area (Å²) in [4.78, 5) is 13.0. The summed E-state index contributed by atoms with van der Waals surface area (Å²) in [6, 6.07) is -0.716. The van der Waals surface area contributed by atoms with Crippen molar-refractivity contribution >= 4 is 5.91 Å². The van der Waals surface area contributed by atoms with E-state index in [1.54, 1.807) is 0 Å². The van der Waals surface area contributed by atoms with Gasteiger partial charge < -0.3 is 40.3 Å². The lowest BCUT2D eigenvalue weighted by atomic mass is 9.99. The number of amides is 1. The van der Waals surface area contributed by atoms with Crippen molar-refractivity contribution in [3.8, 4) is 0 Å². The second kappa shape index (κ2) is 52.3. The van der Waals surface area contributed by atoms with E-state index in [1.165, 1.54) is 180 Å². The Balaban J connectivity index is 2.00. The summed E-state index contributed by atoms with van der Waals surface area (Å²) in [7, 11) is 0. The molecule has 0 aromatic rings. The molecular formula is C63H115NO8. The first-order valence-corrected chi connectivity index (χ1v) is 30.5. The summed E-state index contributed by atoms with van der Waals surface area (Å²) >= 11 is 0. The molecule has 1 saturated heterocycles. The molecule has 1 heterocycles. The Morgan fingerprint density at radius 2 is 0.861 bits per heavy atom. The Hall–Kier alpha value is -2.11. The Labute approximate surface area is 443 Å². The highest BCUT2D eigenvalue weighted by molar-refractivity contribution is 5.76. The molecule has 1 aliphatic rings. The van der Waals surface area contributed by atoms with Crippen LogP contribution in [0, 0.1) is 0 Å². The van der Waals surface area contributed by atoms with E-state index in [9.17, 15) is 30.3 Å². The Morgan fingerprint density at radius 3 is 1.28 bits per heavy atom. The van der Waals surface area contributed by atoms with Crippen LogP contribution >= 0.6 is 0 Å². The van der Waals surface area contributed by atoms with Gasteiger partial charge in [0.05, 0.1) is 25.4 Å². The molecule has 1 rings (SSSR count). The van der Waals surface area contributed by atoms with Crippen LogP contribution in [0.25, 0.3) is 0 Å². The fourth-order valence-electron chi connectivity index (χ4n) is 9.60. The zero-order valence-corrected chi connectivity index (χ0v) is 46.7. The van der Waals surface area contributed by atoms with Gasteiger partial charge in [-0.15, -0.1) is 0 Å². The number of ether oxygens (including phenoxy) is 2. The summed E-state index contributed by atoms with van der Waals surface area (Å²) in [5.41, 5.74) is 0. The lowest BCUT2D eigenvalue weighted by Crippen LogP contribution is -2.60. The topological polar surface area (TPSA) is 149 Å². The van der Waals surface area contributed by atoms with Crippen molar-refractivity contribution < 1.29 is 39.8 Å². The lowest BCUT2D eigenvalue weighted by molar-refractivity contribution is -0.302. The predicted octanol–water partition coefficient (Wildman–Crippen LogP) is 15.5. The molecule has 72 heavy (non-hydrogen) atoms. The third-order valence-electron chi connectivity index (χ3n) is 14.4. The Kier molecular flexibility index (Phi) is 49.4. The normalized spacial score (nSPS) is 19.6. The van der Waals surface area contributed by atoms with Crippen molar-refractivity contribution in [1.29, 1.82) is 0 Å². The third kappa shape index (κ3) is 41.2. The minimum Gasteiger partial charge on any atom is -0.394 e. The summed E-state index contributed by atoms with van der Waals surface area (Å²) in [5, 5.41) is 54.5. The molecule has 0 aromatic carbocycles. The van der Waals surface area contributed by atoms with Crippen molar-refractivity contribution in [3.63, 3.8) is 0 Å². The second-order valence-electron chi connectivity index (χ2n) is 21.1. The van der Waals surface area contributed by atoms with E-state index in [4.69, 9.17) is 9.47 Å². The van der Waals surface area contributed by atoms with E-state index in [2.05, 4.69) is 79.9 Å². The highest BCUT2D eigenvalue weighted by atomic mass is 16.7. The molecule has 0 aromatic heterocycles. The molecule has 1 amide bonds. The second-order valence-corrected chi connectivity index (χ2v) is 21.1. The van der Waals surface area contributed by atoms with Gasteiger partial charge in [0.1, 0.15) is 24.4 Å². The van der Waals surface area contributed by atoms with E-state index in [-0.39, 0.29) is 12.5 Å². The van der Waals surface area contributed by atoms with Crippen LogP contribution in [0.5, 0.6) is 0 Å². The highest BCUT2D eigenvalue weighted by Gasteiger charge is 2.44. The number of hydrogen-bond acceptors (Lipinski definition) is 8. The van der Waals surface area contributed by atoms with Gasteiger partial charge in [0.25, 0.3) is 0 Å². The number of nitrogens with one attached hydrogen (secondary N) is 1. The number of aliphatic hydroxyl groups excluding tert-OH is 5. The van der Waals surface area contributed by atoms with Crippen LogP contribution in [0.1, 0.15) is 277 Å². The van der Waals surface area contributed by atoms with E-state index in [0.717, 1.165) is 70.6 Å².